The van der Waals surface area contributed by atoms with E-state index in [4.69, 9.17) is 0 Å². The fourth-order valence-electron chi connectivity index (χ4n) is 1.88. The first-order valence-electron chi connectivity index (χ1n) is 6.51. The van der Waals surface area contributed by atoms with Gasteiger partial charge in [0, 0.05) is 17.8 Å². The second kappa shape index (κ2) is 5.69. The van der Waals surface area contributed by atoms with E-state index in [-0.39, 0.29) is 0 Å². The molecular formula is C15H20N4. The van der Waals surface area contributed by atoms with E-state index in [9.17, 15) is 0 Å². The minimum absolute atomic E-state index is 0.842. The van der Waals surface area contributed by atoms with Crippen LogP contribution in [0.4, 0.5) is 17.3 Å². The maximum atomic E-state index is 4.31. The van der Waals surface area contributed by atoms with Crippen LogP contribution in [0.1, 0.15) is 23.6 Å². The molecule has 0 aliphatic rings. The van der Waals surface area contributed by atoms with Gasteiger partial charge in [0.1, 0.15) is 18.0 Å². The van der Waals surface area contributed by atoms with Gasteiger partial charge >= 0.3 is 0 Å². The zero-order chi connectivity index (χ0) is 13.8. The molecule has 0 saturated carbocycles. The Morgan fingerprint density at radius 3 is 2.42 bits per heavy atom. The molecule has 19 heavy (non-hydrogen) atoms. The third-order valence-electron chi connectivity index (χ3n) is 3.20. The number of hydrogen-bond acceptors (Lipinski definition) is 4. The maximum Gasteiger partial charge on any atom is 0.138 e. The summed E-state index contributed by atoms with van der Waals surface area (Å²) in [5.74, 6) is 1.72. The van der Waals surface area contributed by atoms with Crippen molar-refractivity contribution in [3.63, 3.8) is 0 Å². The molecule has 0 amide bonds. The summed E-state index contributed by atoms with van der Waals surface area (Å²) in [5.41, 5.74) is 4.64. The molecule has 1 aromatic heterocycles. The van der Waals surface area contributed by atoms with Gasteiger partial charge in [-0.05, 0) is 51.0 Å². The molecule has 4 heteroatoms. The molecule has 0 aliphatic carbocycles. The Morgan fingerprint density at radius 1 is 1.00 bits per heavy atom. The van der Waals surface area contributed by atoms with E-state index >= 15 is 0 Å². The Kier molecular flexibility index (Phi) is 4.00. The summed E-state index contributed by atoms with van der Waals surface area (Å²) in [5, 5.41) is 6.58. The summed E-state index contributed by atoms with van der Waals surface area (Å²) in [6.45, 7) is 9.13. The van der Waals surface area contributed by atoms with Gasteiger partial charge in [-0.1, -0.05) is 6.07 Å². The largest absolute Gasteiger partial charge is 0.370 e. The van der Waals surface area contributed by atoms with Gasteiger partial charge in [0.25, 0.3) is 0 Å². The smallest absolute Gasteiger partial charge is 0.138 e. The van der Waals surface area contributed by atoms with Gasteiger partial charge in [-0.2, -0.15) is 0 Å². The van der Waals surface area contributed by atoms with Gasteiger partial charge in [0.2, 0.25) is 0 Å². The van der Waals surface area contributed by atoms with Crippen LogP contribution in [0, 0.1) is 20.8 Å². The lowest BCUT2D eigenvalue weighted by Gasteiger charge is -2.12. The first-order valence-corrected chi connectivity index (χ1v) is 6.51. The van der Waals surface area contributed by atoms with Crippen LogP contribution in [0.2, 0.25) is 0 Å². The summed E-state index contributed by atoms with van der Waals surface area (Å²) >= 11 is 0. The molecule has 0 atom stereocenters. The second-order valence-electron chi connectivity index (χ2n) is 4.65. The Hall–Kier alpha value is -2.10. The van der Waals surface area contributed by atoms with Crippen molar-refractivity contribution in [2.75, 3.05) is 17.2 Å². The molecule has 0 unspecified atom stereocenters. The van der Waals surface area contributed by atoms with Crippen molar-refractivity contribution in [1.82, 2.24) is 9.97 Å². The maximum absolute atomic E-state index is 4.31. The fraction of sp³-hybridized carbons (Fsp3) is 0.333. The van der Waals surface area contributed by atoms with Crippen LogP contribution >= 0.6 is 0 Å². The topological polar surface area (TPSA) is 49.8 Å². The summed E-state index contributed by atoms with van der Waals surface area (Å²) in [7, 11) is 0. The number of benzene rings is 1. The monoisotopic (exact) mass is 256 g/mol. The van der Waals surface area contributed by atoms with Gasteiger partial charge < -0.3 is 10.6 Å². The third kappa shape index (κ3) is 3.02. The summed E-state index contributed by atoms with van der Waals surface area (Å²) in [4.78, 5) is 8.55. The number of nitrogens with one attached hydrogen (secondary N) is 2. The molecule has 0 bridgehead atoms. The van der Waals surface area contributed by atoms with E-state index in [0.717, 1.165) is 29.4 Å². The number of nitrogens with zero attached hydrogens (tertiary/aromatic N) is 2. The van der Waals surface area contributed by atoms with Crippen LogP contribution in [-0.2, 0) is 0 Å². The lowest BCUT2D eigenvalue weighted by atomic mass is 10.1. The van der Waals surface area contributed by atoms with Crippen molar-refractivity contribution >= 4 is 17.3 Å². The molecule has 0 radical (unpaired) electrons. The Labute approximate surface area is 114 Å². The van der Waals surface area contributed by atoms with Crippen molar-refractivity contribution in [3.05, 3.63) is 41.2 Å². The van der Waals surface area contributed by atoms with Crippen LogP contribution in [-0.4, -0.2) is 16.5 Å². The Bertz CT molecular complexity index is 578. The second-order valence-corrected chi connectivity index (χ2v) is 4.65. The highest BCUT2D eigenvalue weighted by Crippen LogP contribution is 2.23. The summed E-state index contributed by atoms with van der Waals surface area (Å²) in [6.07, 6.45) is 1.58. The van der Waals surface area contributed by atoms with Crippen LogP contribution in [0.5, 0.6) is 0 Å². The minimum Gasteiger partial charge on any atom is -0.370 e. The third-order valence-corrected chi connectivity index (χ3v) is 3.20. The SMILES string of the molecule is CCNc1ncnc(Nc2ccc(C)c(C)c2)c1C. The fourth-order valence-corrected chi connectivity index (χ4v) is 1.88. The number of rotatable bonds is 4. The van der Waals surface area contributed by atoms with E-state index in [1.165, 1.54) is 11.1 Å². The predicted octanol–water partition coefficient (Wildman–Crippen LogP) is 3.58. The van der Waals surface area contributed by atoms with Crippen molar-refractivity contribution in [2.24, 2.45) is 0 Å². The summed E-state index contributed by atoms with van der Waals surface area (Å²) < 4.78 is 0. The normalized spacial score (nSPS) is 10.3. The summed E-state index contributed by atoms with van der Waals surface area (Å²) in [6, 6.07) is 6.31. The highest BCUT2D eigenvalue weighted by atomic mass is 15.1. The van der Waals surface area contributed by atoms with Crippen molar-refractivity contribution in [3.8, 4) is 0 Å². The van der Waals surface area contributed by atoms with Gasteiger partial charge in [-0.15, -0.1) is 0 Å². The molecule has 1 aromatic carbocycles. The standard InChI is InChI=1S/C15H20N4/c1-5-16-14-12(4)15(18-9-17-14)19-13-7-6-10(2)11(3)8-13/h6-9H,5H2,1-4H3,(H2,16,17,18,19). The average molecular weight is 256 g/mol. The van der Waals surface area contributed by atoms with Gasteiger partial charge in [0.15, 0.2) is 0 Å². The van der Waals surface area contributed by atoms with Gasteiger partial charge in [-0.3, -0.25) is 0 Å². The van der Waals surface area contributed by atoms with Crippen LogP contribution in [0.15, 0.2) is 24.5 Å². The quantitative estimate of drug-likeness (QED) is 0.878. The number of hydrogen-bond donors (Lipinski definition) is 2. The first-order chi connectivity index (χ1) is 9.11. The first kappa shape index (κ1) is 13.3. The van der Waals surface area contributed by atoms with Crippen molar-refractivity contribution in [1.29, 1.82) is 0 Å². The molecule has 0 aliphatic heterocycles. The Balaban J connectivity index is 2.27. The highest BCUT2D eigenvalue weighted by molar-refractivity contribution is 5.65. The lowest BCUT2D eigenvalue weighted by Crippen LogP contribution is -2.05. The molecule has 1 heterocycles. The van der Waals surface area contributed by atoms with Crippen LogP contribution in [0.3, 0.4) is 0 Å². The Morgan fingerprint density at radius 2 is 1.74 bits per heavy atom. The molecule has 4 nitrogen and oxygen atoms in total. The zero-order valence-corrected chi connectivity index (χ0v) is 11.9. The zero-order valence-electron chi connectivity index (χ0n) is 11.9. The predicted molar refractivity (Wildman–Crippen MR) is 80.1 cm³/mol. The molecule has 2 rings (SSSR count). The molecule has 2 aromatic rings. The molecule has 0 fully saturated rings. The van der Waals surface area contributed by atoms with E-state index in [1.807, 2.05) is 6.92 Å². The van der Waals surface area contributed by atoms with Gasteiger partial charge in [-0.25, -0.2) is 9.97 Å². The number of aryl methyl sites for hydroxylation is 2. The molecule has 2 N–H and O–H groups in total. The van der Waals surface area contributed by atoms with E-state index < -0.39 is 0 Å². The minimum atomic E-state index is 0.842. The van der Waals surface area contributed by atoms with Crippen molar-refractivity contribution in [2.45, 2.75) is 27.7 Å². The van der Waals surface area contributed by atoms with E-state index in [2.05, 4.69) is 59.6 Å². The van der Waals surface area contributed by atoms with Gasteiger partial charge in [0.05, 0.1) is 0 Å². The lowest BCUT2D eigenvalue weighted by molar-refractivity contribution is 1.08. The molecule has 0 saturated heterocycles. The molecule has 0 spiro atoms. The van der Waals surface area contributed by atoms with Crippen LogP contribution in [0.25, 0.3) is 0 Å². The number of anilines is 3. The van der Waals surface area contributed by atoms with Crippen molar-refractivity contribution < 1.29 is 0 Å². The molecule has 100 valence electrons. The van der Waals surface area contributed by atoms with E-state index in [1.54, 1.807) is 6.33 Å². The van der Waals surface area contributed by atoms with Crippen LogP contribution < -0.4 is 10.6 Å². The van der Waals surface area contributed by atoms with E-state index in [0.29, 0.717) is 0 Å². The number of aromatic nitrogens is 2. The highest BCUT2D eigenvalue weighted by Gasteiger charge is 2.06. The average Bonchev–Trinajstić information content (AvgIpc) is 2.39. The molecular weight excluding hydrogens is 236 g/mol.